The largest absolute Gasteiger partial charge is 0.298 e. The third kappa shape index (κ3) is 1.81. The van der Waals surface area contributed by atoms with Crippen LogP contribution in [0.3, 0.4) is 0 Å². The summed E-state index contributed by atoms with van der Waals surface area (Å²) in [5.74, 6) is 0. The predicted octanol–water partition coefficient (Wildman–Crippen LogP) is 2.06. The lowest BCUT2D eigenvalue weighted by molar-refractivity contribution is 0.106. The van der Waals surface area contributed by atoms with Gasteiger partial charge in [0.1, 0.15) is 0 Å². The Morgan fingerprint density at radius 2 is 2.21 bits per heavy atom. The Hall–Kier alpha value is -1.66. The molecule has 70 valence electrons. The van der Waals surface area contributed by atoms with Crippen molar-refractivity contribution in [3.05, 3.63) is 34.4 Å². The van der Waals surface area contributed by atoms with Crippen LogP contribution >= 0.6 is 11.6 Å². The van der Waals surface area contributed by atoms with Crippen molar-refractivity contribution in [2.45, 2.75) is 6.92 Å². The van der Waals surface area contributed by atoms with Crippen molar-refractivity contribution in [2.75, 3.05) is 0 Å². The number of nitrogens with zero attached hydrogens (tertiary/aromatic N) is 1. The van der Waals surface area contributed by atoms with Crippen molar-refractivity contribution in [3.63, 3.8) is 0 Å². The van der Waals surface area contributed by atoms with Crippen molar-refractivity contribution >= 4 is 23.1 Å². The topological polar surface area (TPSA) is 57.9 Å². The summed E-state index contributed by atoms with van der Waals surface area (Å²) in [5.41, 5.74) is 1.28. The van der Waals surface area contributed by atoms with Crippen LogP contribution in [0.25, 0.3) is 0 Å². The van der Waals surface area contributed by atoms with Crippen LogP contribution in [-0.2, 0) is 0 Å². The van der Waals surface area contributed by atoms with Gasteiger partial charge >= 0.3 is 0 Å². The Kier molecular flexibility index (Phi) is 3.00. The van der Waals surface area contributed by atoms with Gasteiger partial charge in [-0.2, -0.15) is 5.26 Å². The molecule has 0 heterocycles. The number of carbonyl (C=O) groups is 2. The minimum absolute atomic E-state index is 0.137. The molecule has 0 saturated heterocycles. The second-order valence-electron chi connectivity index (χ2n) is 2.76. The summed E-state index contributed by atoms with van der Waals surface area (Å²) >= 11 is 5.27. The molecule has 4 heteroatoms. The lowest BCUT2D eigenvalue weighted by Crippen LogP contribution is -1.99. The zero-order valence-corrected chi connectivity index (χ0v) is 8.13. The molecule has 0 fully saturated rings. The number of hydrogen-bond acceptors (Lipinski definition) is 3. The van der Waals surface area contributed by atoms with Crippen molar-refractivity contribution in [2.24, 2.45) is 0 Å². The van der Waals surface area contributed by atoms with Crippen LogP contribution in [0.4, 0.5) is 0 Å². The smallest absolute Gasteiger partial charge is 0.253 e. The number of aryl methyl sites for hydroxylation is 1. The van der Waals surface area contributed by atoms with E-state index < -0.39 is 5.24 Å². The van der Waals surface area contributed by atoms with Crippen LogP contribution in [0.5, 0.6) is 0 Å². The first-order valence-corrected chi connectivity index (χ1v) is 4.17. The highest BCUT2D eigenvalue weighted by atomic mass is 35.5. The van der Waals surface area contributed by atoms with Crippen LogP contribution in [0, 0.1) is 18.3 Å². The summed E-state index contributed by atoms with van der Waals surface area (Å²) in [5, 5.41) is 7.99. The van der Waals surface area contributed by atoms with E-state index in [-0.39, 0.29) is 11.1 Å². The average Bonchev–Trinajstić information content (AvgIpc) is 2.17. The summed E-state index contributed by atoms with van der Waals surface area (Å²) in [6, 6.07) is 4.72. The number of aldehydes is 1. The van der Waals surface area contributed by atoms with E-state index in [1.807, 2.05) is 6.07 Å². The lowest BCUT2D eigenvalue weighted by atomic mass is 10.0. The van der Waals surface area contributed by atoms with Crippen molar-refractivity contribution in [3.8, 4) is 6.07 Å². The van der Waals surface area contributed by atoms with Gasteiger partial charge in [0.25, 0.3) is 5.24 Å². The monoisotopic (exact) mass is 207 g/mol. The Balaban J connectivity index is 3.48. The number of nitriles is 1. The van der Waals surface area contributed by atoms with Crippen LogP contribution in [0.15, 0.2) is 12.1 Å². The number of carbonyl (C=O) groups excluding carboxylic acids is 2. The van der Waals surface area contributed by atoms with Crippen molar-refractivity contribution in [1.82, 2.24) is 0 Å². The molecule has 1 aromatic rings. The number of hydrogen-bond donors (Lipinski definition) is 0. The Morgan fingerprint density at radius 3 is 2.64 bits per heavy atom. The van der Waals surface area contributed by atoms with Gasteiger partial charge in [-0.15, -0.1) is 0 Å². The number of rotatable bonds is 2. The summed E-state index contributed by atoms with van der Waals surface area (Å²) in [6.07, 6.45) is 0.510. The molecule has 0 bridgehead atoms. The standard InChI is InChI=1S/C10H6ClNO2/c1-6-2-9(10(11)14)8(5-13)3-7(6)4-12/h2-3,5H,1H3. The fourth-order valence-corrected chi connectivity index (χ4v) is 1.28. The first-order chi connectivity index (χ1) is 6.60. The van der Waals surface area contributed by atoms with Gasteiger partial charge in [-0.1, -0.05) is 0 Å². The maximum Gasteiger partial charge on any atom is 0.253 e. The maximum absolute atomic E-state index is 10.9. The molecule has 1 rings (SSSR count). The first-order valence-electron chi connectivity index (χ1n) is 3.80. The summed E-state index contributed by atoms with van der Waals surface area (Å²) < 4.78 is 0. The molecule has 0 aromatic heterocycles. The van der Waals surface area contributed by atoms with E-state index in [2.05, 4.69) is 0 Å². The van der Waals surface area contributed by atoms with Crippen LogP contribution < -0.4 is 0 Å². The SMILES string of the molecule is Cc1cc(C(=O)Cl)c(C=O)cc1C#N. The maximum atomic E-state index is 10.9. The third-order valence-corrected chi connectivity index (χ3v) is 2.06. The summed E-state index contributed by atoms with van der Waals surface area (Å²) in [6.45, 7) is 1.68. The van der Waals surface area contributed by atoms with Gasteiger partial charge in [-0.25, -0.2) is 0 Å². The molecule has 0 saturated carbocycles. The molecule has 0 aliphatic carbocycles. The molecule has 1 aromatic carbocycles. The van der Waals surface area contributed by atoms with Gasteiger partial charge in [0, 0.05) is 11.1 Å². The fourth-order valence-electron chi connectivity index (χ4n) is 1.11. The zero-order chi connectivity index (χ0) is 10.7. The van der Waals surface area contributed by atoms with E-state index in [4.69, 9.17) is 16.9 Å². The Labute approximate surface area is 85.9 Å². The first kappa shape index (κ1) is 10.4. The molecule has 3 nitrogen and oxygen atoms in total. The predicted molar refractivity (Wildman–Crippen MR) is 51.5 cm³/mol. The molecule has 0 atom stereocenters. The summed E-state index contributed by atoms with van der Waals surface area (Å²) in [4.78, 5) is 21.5. The van der Waals surface area contributed by atoms with E-state index in [0.29, 0.717) is 17.4 Å². The minimum atomic E-state index is -0.695. The van der Waals surface area contributed by atoms with Crippen LogP contribution in [-0.4, -0.2) is 11.5 Å². The fraction of sp³-hybridized carbons (Fsp3) is 0.100. The van der Waals surface area contributed by atoms with E-state index >= 15 is 0 Å². The Morgan fingerprint density at radius 1 is 1.57 bits per heavy atom. The highest BCUT2D eigenvalue weighted by molar-refractivity contribution is 6.68. The molecule has 14 heavy (non-hydrogen) atoms. The third-order valence-electron chi connectivity index (χ3n) is 1.86. The van der Waals surface area contributed by atoms with Crippen molar-refractivity contribution < 1.29 is 9.59 Å². The summed E-state index contributed by atoms with van der Waals surface area (Å²) in [7, 11) is 0. The molecule has 0 radical (unpaired) electrons. The van der Waals surface area contributed by atoms with Gasteiger partial charge in [0.2, 0.25) is 0 Å². The van der Waals surface area contributed by atoms with Crippen molar-refractivity contribution in [1.29, 1.82) is 5.26 Å². The van der Waals surface area contributed by atoms with Gasteiger partial charge in [-0.05, 0) is 36.2 Å². The van der Waals surface area contributed by atoms with Gasteiger partial charge in [0.15, 0.2) is 6.29 Å². The van der Waals surface area contributed by atoms with Gasteiger partial charge in [0.05, 0.1) is 11.6 Å². The average molecular weight is 208 g/mol. The molecule has 0 spiro atoms. The van der Waals surface area contributed by atoms with E-state index in [9.17, 15) is 9.59 Å². The zero-order valence-electron chi connectivity index (χ0n) is 7.37. The second kappa shape index (κ2) is 4.03. The van der Waals surface area contributed by atoms with Crippen LogP contribution in [0.2, 0.25) is 0 Å². The molecule has 0 aliphatic rings. The van der Waals surface area contributed by atoms with E-state index in [1.165, 1.54) is 12.1 Å². The molecule has 0 unspecified atom stereocenters. The van der Waals surface area contributed by atoms with Gasteiger partial charge < -0.3 is 0 Å². The molecule has 0 N–H and O–H groups in total. The van der Waals surface area contributed by atoms with Crippen LogP contribution in [0.1, 0.15) is 31.8 Å². The number of halogens is 1. The van der Waals surface area contributed by atoms with E-state index in [0.717, 1.165) is 0 Å². The molecule has 0 amide bonds. The second-order valence-corrected chi connectivity index (χ2v) is 3.10. The highest BCUT2D eigenvalue weighted by Gasteiger charge is 2.11. The highest BCUT2D eigenvalue weighted by Crippen LogP contribution is 2.16. The van der Waals surface area contributed by atoms with E-state index in [1.54, 1.807) is 6.92 Å². The Bertz CT molecular complexity index is 446. The molecule has 0 aliphatic heterocycles. The minimum Gasteiger partial charge on any atom is -0.298 e. The number of benzene rings is 1. The molecular formula is C10H6ClNO2. The molecular weight excluding hydrogens is 202 g/mol. The van der Waals surface area contributed by atoms with Gasteiger partial charge in [-0.3, -0.25) is 9.59 Å². The lowest BCUT2D eigenvalue weighted by Gasteiger charge is -2.02. The normalized spacial score (nSPS) is 9.21. The quantitative estimate of drug-likeness (QED) is 0.551.